The van der Waals surface area contributed by atoms with E-state index in [2.05, 4.69) is 21.2 Å². The lowest BCUT2D eigenvalue weighted by Crippen LogP contribution is -2.17. The van der Waals surface area contributed by atoms with E-state index in [4.69, 9.17) is 11.1 Å². The zero-order valence-electron chi connectivity index (χ0n) is 12.3. The molecule has 3 rings (SSSR count). The molecule has 0 heterocycles. The number of nitrogens with one attached hydrogen (secondary N) is 2. The average Bonchev–Trinajstić information content (AvgIpc) is 2.48. The van der Waals surface area contributed by atoms with E-state index in [0.29, 0.717) is 5.69 Å². The number of hydrogen-bond donors (Lipinski definition) is 4. The number of Topliss-reactive ketones (excluding diaryl/α,β-unsaturated/α-hetero) is 1. The van der Waals surface area contributed by atoms with Crippen molar-refractivity contribution in [2.45, 2.75) is 6.92 Å². The number of nitrogen functional groups attached to an aromatic ring is 1. The number of fused-ring (bicyclic) bond motifs is 1. The van der Waals surface area contributed by atoms with Crippen LogP contribution in [-0.2, 0) is 0 Å². The maximum atomic E-state index is 12.2. The number of ketones is 1. The molecule has 0 amide bonds. The lowest BCUT2D eigenvalue weighted by Gasteiger charge is -2.20. The van der Waals surface area contributed by atoms with Crippen molar-refractivity contribution in [3.63, 3.8) is 0 Å². The molecule has 5 N–H and O–H groups in total. The SMILES string of the molecule is Cc1cccc(Nc2cc(N)c3c(c2O)C(=N)C=C(Br)C3=O)c1. The largest absolute Gasteiger partial charge is 0.505 e. The summed E-state index contributed by atoms with van der Waals surface area (Å²) in [5.74, 6) is -0.504. The summed E-state index contributed by atoms with van der Waals surface area (Å²) >= 11 is 3.12. The van der Waals surface area contributed by atoms with Crippen LogP contribution in [0.15, 0.2) is 40.9 Å². The summed E-state index contributed by atoms with van der Waals surface area (Å²) in [5.41, 5.74) is 8.74. The van der Waals surface area contributed by atoms with Crippen molar-refractivity contribution >= 4 is 44.5 Å². The zero-order valence-corrected chi connectivity index (χ0v) is 13.9. The van der Waals surface area contributed by atoms with Gasteiger partial charge in [-0.3, -0.25) is 4.79 Å². The number of carbonyl (C=O) groups excluding carboxylic acids is 1. The molecule has 0 radical (unpaired) electrons. The van der Waals surface area contributed by atoms with E-state index in [-0.39, 0.29) is 38.5 Å². The summed E-state index contributed by atoms with van der Waals surface area (Å²) in [6, 6.07) is 9.13. The fourth-order valence-corrected chi connectivity index (χ4v) is 2.98. The van der Waals surface area contributed by atoms with Crippen LogP contribution in [0.3, 0.4) is 0 Å². The predicted octanol–water partition coefficient (Wildman–Crippen LogP) is 3.87. The Kier molecular flexibility index (Phi) is 3.69. The van der Waals surface area contributed by atoms with Crippen LogP contribution in [0.1, 0.15) is 21.5 Å². The Morgan fingerprint density at radius 2 is 2.00 bits per heavy atom. The highest BCUT2D eigenvalue weighted by Crippen LogP contribution is 2.40. The first-order chi connectivity index (χ1) is 10.9. The van der Waals surface area contributed by atoms with Crippen molar-refractivity contribution < 1.29 is 9.90 Å². The van der Waals surface area contributed by atoms with Crippen molar-refractivity contribution in [2.24, 2.45) is 0 Å². The van der Waals surface area contributed by atoms with Gasteiger partial charge in [0.05, 0.1) is 27.0 Å². The Morgan fingerprint density at radius 1 is 1.26 bits per heavy atom. The van der Waals surface area contributed by atoms with E-state index in [1.54, 1.807) is 0 Å². The van der Waals surface area contributed by atoms with Crippen LogP contribution in [0.25, 0.3) is 0 Å². The summed E-state index contributed by atoms with van der Waals surface area (Å²) in [6.07, 6.45) is 1.36. The third kappa shape index (κ3) is 2.61. The topological polar surface area (TPSA) is 99.2 Å². The third-order valence-corrected chi connectivity index (χ3v) is 4.20. The van der Waals surface area contributed by atoms with Gasteiger partial charge in [0.25, 0.3) is 0 Å². The van der Waals surface area contributed by atoms with Crippen molar-refractivity contribution in [1.29, 1.82) is 5.41 Å². The molecule has 0 bridgehead atoms. The van der Waals surface area contributed by atoms with Crippen molar-refractivity contribution in [3.8, 4) is 5.75 Å². The second-order valence-corrected chi connectivity index (χ2v) is 6.20. The first-order valence-corrected chi connectivity index (χ1v) is 7.67. The summed E-state index contributed by atoms with van der Waals surface area (Å²) in [6.45, 7) is 1.96. The minimum absolute atomic E-state index is 0.0311. The first-order valence-electron chi connectivity index (χ1n) is 6.88. The standard InChI is InChI=1S/C17H14BrN3O2/c1-8-3-2-4-9(5-8)21-13-7-12(20)14-15(17(13)23)11(19)6-10(18)16(14)22/h2-7,19,21,23H,20H2,1H3. The molecule has 116 valence electrons. The van der Waals surface area contributed by atoms with Gasteiger partial charge < -0.3 is 21.6 Å². The van der Waals surface area contributed by atoms with Crippen molar-refractivity contribution in [1.82, 2.24) is 0 Å². The molecule has 23 heavy (non-hydrogen) atoms. The van der Waals surface area contributed by atoms with Gasteiger partial charge in [0.1, 0.15) is 5.75 Å². The summed E-state index contributed by atoms with van der Waals surface area (Å²) in [7, 11) is 0. The van der Waals surface area contributed by atoms with Gasteiger partial charge in [-0.05, 0) is 52.7 Å². The maximum Gasteiger partial charge on any atom is 0.202 e. The van der Waals surface area contributed by atoms with E-state index in [0.717, 1.165) is 11.3 Å². The lowest BCUT2D eigenvalue weighted by molar-refractivity contribution is 0.104. The second-order valence-electron chi connectivity index (χ2n) is 5.34. The number of phenolic OH excluding ortho intramolecular Hbond substituents is 1. The number of aromatic hydroxyl groups is 1. The fraction of sp³-hybridized carbons (Fsp3) is 0.0588. The number of hydrogen-bond acceptors (Lipinski definition) is 5. The van der Waals surface area contributed by atoms with Gasteiger partial charge in [-0.1, -0.05) is 12.1 Å². The van der Waals surface area contributed by atoms with Crippen LogP contribution in [0.5, 0.6) is 5.75 Å². The number of aryl methyl sites for hydroxylation is 1. The number of benzene rings is 2. The number of rotatable bonds is 2. The molecule has 1 aliphatic carbocycles. The van der Waals surface area contributed by atoms with Gasteiger partial charge in [-0.2, -0.15) is 0 Å². The molecule has 0 aromatic heterocycles. The van der Waals surface area contributed by atoms with Crippen LogP contribution in [-0.4, -0.2) is 16.6 Å². The number of phenols is 1. The third-order valence-electron chi connectivity index (χ3n) is 3.61. The van der Waals surface area contributed by atoms with E-state index in [1.165, 1.54) is 12.1 Å². The van der Waals surface area contributed by atoms with E-state index >= 15 is 0 Å². The predicted molar refractivity (Wildman–Crippen MR) is 95.2 cm³/mol. The molecule has 0 fully saturated rings. The summed E-state index contributed by atoms with van der Waals surface area (Å²) < 4.78 is 0.250. The minimum Gasteiger partial charge on any atom is -0.505 e. The molecule has 5 nitrogen and oxygen atoms in total. The molecule has 1 aliphatic rings. The number of nitrogens with two attached hydrogens (primary N) is 1. The minimum atomic E-state index is -0.342. The Balaban J connectivity index is 2.13. The Labute approximate surface area is 141 Å². The van der Waals surface area contributed by atoms with Crippen LogP contribution < -0.4 is 11.1 Å². The smallest absolute Gasteiger partial charge is 0.202 e. The average molecular weight is 372 g/mol. The first kappa shape index (κ1) is 15.3. The zero-order chi connectivity index (χ0) is 16.7. The molecule has 0 aliphatic heterocycles. The normalized spacial score (nSPS) is 13.6. The number of anilines is 3. The van der Waals surface area contributed by atoms with Crippen LogP contribution >= 0.6 is 15.9 Å². The Hall–Kier alpha value is -2.60. The van der Waals surface area contributed by atoms with Crippen LogP contribution in [0.2, 0.25) is 0 Å². The van der Waals surface area contributed by atoms with Crippen LogP contribution in [0, 0.1) is 12.3 Å². The molecule has 0 saturated heterocycles. The quantitative estimate of drug-likeness (QED) is 0.365. The molecule has 0 saturated carbocycles. The van der Waals surface area contributed by atoms with E-state index < -0.39 is 0 Å². The lowest BCUT2D eigenvalue weighted by atomic mass is 9.91. The Bertz CT molecular complexity index is 888. The highest BCUT2D eigenvalue weighted by molar-refractivity contribution is 9.12. The molecular formula is C17H14BrN3O2. The highest BCUT2D eigenvalue weighted by Gasteiger charge is 2.29. The van der Waals surface area contributed by atoms with E-state index in [1.807, 2.05) is 31.2 Å². The Morgan fingerprint density at radius 3 is 2.70 bits per heavy atom. The second kappa shape index (κ2) is 5.55. The molecule has 0 unspecified atom stereocenters. The van der Waals surface area contributed by atoms with Gasteiger partial charge in [0, 0.05) is 11.4 Å². The highest BCUT2D eigenvalue weighted by atomic mass is 79.9. The van der Waals surface area contributed by atoms with Gasteiger partial charge in [0.15, 0.2) is 0 Å². The molecule has 0 atom stereocenters. The van der Waals surface area contributed by atoms with Gasteiger partial charge >= 0.3 is 0 Å². The van der Waals surface area contributed by atoms with Crippen molar-refractivity contribution in [3.05, 3.63) is 57.6 Å². The monoisotopic (exact) mass is 371 g/mol. The van der Waals surface area contributed by atoms with Gasteiger partial charge in [0.2, 0.25) is 5.78 Å². The number of halogens is 1. The molecule has 2 aromatic carbocycles. The maximum absolute atomic E-state index is 12.2. The van der Waals surface area contributed by atoms with Crippen LogP contribution in [0.4, 0.5) is 17.1 Å². The molecule has 0 spiro atoms. The summed E-state index contributed by atoms with van der Waals surface area (Å²) in [4.78, 5) is 12.2. The molecular weight excluding hydrogens is 358 g/mol. The number of allylic oxidation sites excluding steroid dienone is 2. The van der Waals surface area contributed by atoms with Gasteiger partial charge in [-0.15, -0.1) is 0 Å². The van der Waals surface area contributed by atoms with E-state index in [9.17, 15) is 9.90 Å². The summed E-state index contributed by atoms with van der Waals surface area (Å²) in [5, 5.41) is 21.6. The fourth-order valence-electron chi connectivity index (χ4n) is 2.56. The number of carbonyl (C=O) groups is 1. The molecule has 2 aromatic rings. The van der Waals surface area contributed by atoms with Crippen molar-refractivity contribution in [2.75, 3.05) is 11.1 Å². The van der Waals surface area contributed by atoms with Gasteiger partial charge in [-0.25, -0.2) is 0 Å². The molecule has 6 heteroatoms.